The Labute approximate surface area is 142 Å². The molecule has 0 radical (unpaired) electrons. The van der Waals surface area contributed by atoms with E-state index in [1.807, 2.05) is 17.5 Å². The van der Waals surface area contributed by atoms with Crippen molar-refractivity contribution in [1.82, 2.24) is 9.80 Å². The summed E-state index contributed by atoms with van der Waals surface area (Å²) in [4.78, 5) is 17.0. The van der Waals surface area contributed by atoms with E-state index in [9.17, 15) is 18.7 Å². The number of carbonyl (C=O) groups excluding carboxylic acids is 1. The van der Waals surface area contributed by atoms with Crippen LogP contribution in [0.25, 0.3) is 0 Å². The van der Waals surface area contributed by atoms with Gasteiger partial charge in [0.25, 0.3) is 5.91 Å². The van der Waals surface area contributed by atoms with Crippen LogP contribution in [0.2, 0.25) is 0 Å². The standard InChI is InChI=1S/C17H18F2N2O2S/c18-13-4-3-12(10-14(13)19)17(23)21-7-5-20(6-8-21)11-15(22)16-2-1-9-24-16/h1-4,9-10,15,22H,5-8,11H2. The first kappa shape index (κ1) is 17.0. The van der Waals surface area contributed by atoms with Crippen molar-refractivity contribution in [3.05, 3.63) is 57.8 Å². The van der Waals surface area contributed by atoms with Crippen LogP contribution in [0.4, 0.5) is 8.78 Å². The molecule has 0 aliphatic carbocycles. The lowest BCUT2D eigenvalue weighted by molar-refractivity contribution is 0.0532. The molecule has 1 fully saturated rings. The molecule has 2 heterocycles. The minimum Gasteiger partial charge on any atom is -0.386 e. The largest absolute Gasteiger partial charge is 0.386 e. The lowest BCUT2D eigenvalue weighted by Crippen LogP contribution is -2.49. The summed E-state index contributed by atoms with van der Waals surface area (Å²) in [6, 6.07) is 7.01. The zero-order chi connectivity index (χ0) is 17.1. The molecule has 3 rings (SSSR count). The molecule has 1 saturated heterocycles. The number of thiophene rings is 1. The number of aliphatic hydroxyl groups excluding tert-OH is 1. The molecule has 1 aliphatic heterocycles. The molecule has 0 bridgehead atoms. The molecule has 7 heteroatoms. The molecule has 1 N–H and O–H groups in total. The Morgan fingerprint density at radius 2 is 1.92 bits per heavy atom. The molecule has 1 unspecified atom stereocenters. The third-order valence-electron chi connectivity index (χ3n) is 4.13. The van der Waals surface area contributed by atoms with Crippen molar-refractivity contribution in [1.29, 1.82) is 0 Å². The Kier molecular flexibility index (Phi) is 5.23. The zero-order valence-corrected chi connectivity index (χ0v) is 13.8. The van der Waals surface area contributed by atoms with Gasteiger partial charge >= 0.3 is 0 Å². The van der Waals surface area contributed by atoms with E-state index in [0.717, 1.165) is 17.0 Å². The molecule has 128 valence electrons. The van der Waals surface area contributed by atoms with Gasteiger partial charge in [-0.2, -0.15) is 0 Å². The highest BCUT2D eigenvalue weighted by atomic mass is 32.1. The summed E-state index contributed by atoms with van der Waals surface area (Å²) in [5, 5.41) is 12.1. The second-order valence-corrected chi connectivity index (χ2v) is 6.73. The molecule has 1 aromatic heterocycles. The topological polar surface area (TPSA) is 43.8 Å². The van der Waals surface area contributed by atoms with Crippen molar-refractivity contribution in [2.45, 2.75) is 6.10 Å². The van der Waals surface area contributed by atoms with Crippen LogP contribution in [-0.2, 0) is 0 Å². The SMILES string of the molecule is O=C(c1ccc(F)c(F)c1)N1CCN(CC(O)c2cccs2)CC1. The van der Waals surface area contributed by atoms with Crippen LogP contribution < -0.4 is 0 Å². The number of hydrogen-bond donors (Lipinski definition) is 1. The first-order valence-corrected chi connectivity index (χ1v) is 8.60. The van der Waals surface area contributed by atoms with Crippen LogP contribution in [-0.4, -0.2) is 53.5 Å². The Balaban J connectivity index is 1.54. The predicted molar refractivity (Wildman–Crippen MR) is 88.0 cm³/mol. The fourth-order valence-electron chi connectivity index (χ4n) is 2.76. The van der Waals surface area contributed by atoms with E-state index >= 15 is 0 Å². The van der Waals surface area contributed by atoms with Crippen molar-refractivity contribution >= 4 is 17.2 Å². The first-order valence-electron chi connectivity index (χ1n) is 7.73. The molecule has 1 aliphatic rings. The molecule has 4 nitrogen and oxygen atoms in total. The molecular weight excluding hydrogens is 334 g/mol. The van der Waals surface area contributed by atoms with Gasteiger partial charge in [0, 0.05) is 43.2 Å². The maximum atomic E-state index is 13.3. The fourth-order valence-corrected chi connectivity index (χ4v) is 3.46. The molecular formula is C17H18F2N2O2S. The summed E-state index contributed by atoms with van der Waals surface area (Å²) in [5.74, 6) is -2.27. The van der Waals surface area contributed by atoms with Gasteiger partial charge in [-0.05, 0) is 29.6 Å². The fraction of sp³-hybridized carbons (Fsp3) is 0.353. The van der Waals surface area contributed by atoms with E-state index < -0.39 is 17.7 Å². The predicted octanol–water partition coefficient (Wildman–Crippen LogP) is 2.52. The second kappa shape index (κ2) is 7.38. The Hall–Kier alpha value is -1.83. The number of β-amino-alcohol motifs (C(OH)–C–C–N with tert-alkyl or cyclic N) is 1. The van der Waals surface area contributed by atoms with E-state index in [0.29, 0.717) is 32.7 Å². The number of nitrogens with zero attached hydrogens (tertiary/aromatic N) is 2. The summed E-state index contributed by atoms with van der Waals surface area (Å²) < 4.78 is 26.2. The summed E-state index contributed by atoms with van der Waals surface area (Å²) in [6.07, 6.45) is -0.529. The highest BCUT2D eigenvalue weighted by molar-refractivity contribution is 7.10. The normalized spacial score (nSPS) is 17.0. The number of halogens is 2. The van der Waals surface area contributed by atoms with Crippen LogP contribution in [0, 0.1) is 11.6 Å². The highest BCUT2D eigenvalue weighted by Crippen LogP contribution is 2.20. The van der Waals surface area contributed by atoms with E-state index in [2.05, 4.69) is 4.90 Å². The van der Waals surface area contributed by atoms with Crippen molar-refractivity contribution in [2.24, 2.45) is 0 Å². The van der Waals surface area contributed by atoms with Gasteiger partial charge in [-0.3, -0.25) is 9.69 Å². The van der Waals surface area contributed by atoms with Crippen LogP contribution in [0.1, 0.15) is 21.3 Å². The number of benzene rings is 1. The van der Waals surface area contributed by atoms with Gasteiger partial charge in [0.15, 0.2) is 11.6 Å². The number of hydrogen-bond acceptors (Lipinski definition) is 4. The summed E-state index contributed by atoms with van der Waals surface area (Å²) in [5.41, 5.74) is 0.154. The van der Waals surface area contributed by atoms with Crippen LogP contribution in [0.5, 0.6) is 0 Å². The third kappa shape index (κ3) is 3.80. The minimum absolute atomic E-state index is 0.154. The molecule has 0 saturated carbocycles. The lowest BCUT2D eigenvalue weighted by Gasteiger charge is -2.35. The molecule has 1 atom stereocenters. The average Bonchev–Trinajstić information content (AvgIpc) is 3.12. The van der Waals surface area contributed by atoms with Crippen molar-refractivity contribution < 1.29 is 18.7 Å². The Morgan fingerprint density at radius 1 is 1.17 bits per heavy atom. The molecule has 2 aromatic rings. The maximum absolute atomic E-state index is 13.3. The minimum atomic E-state index is -1.02. The quantitative estimate of drug-likeness (QED) is 0.920. The number of carbonyl (C=O) groups is 1. The van der Waals surface area contributed by atoms with E-state index in [4.69, 9.17) is 0 Å². The summed E-state index contributed by atoms with van der Waals surface area (Å²) in [7, 11) is 0. The second-order valence-electron chi connectivity index (χ2n) is 5.75. The summed E-state index contributed by atoms with van der Waals surface area (Å²) in [6.45, 7) is 2.79. The molecule has 1 amide bonds. The van der Waals surface area contributed by atoms with Crippen LogP contribution in [0.15, 0.2) is 35.7 Å². The van der Waals surface area contributed by atoms with Gasteiger partial charge < -0.3 is 10.0 Å². The number of amides is 1. The monoisotopic (exact) mass is 352 g/mol. The third-order valence-corrected chi connectivity index (χ3v) is 5.10. The maximum Gasteiger partial charge on any atom is 0.254 e. The van der Waals surface area contributed by atoms with E-state index in [1.165, 1.54) is 17.4 Å². The summed E-state index contributed by atoms with van der Waals surface area (Å²) >= 11 is 1.52. The Morgan fingerprint density at radius 3 is 2.54 bits per heavy atom. The van der Waals surface area contributed by atoms with Crippen LogP contribution >= 0.6 is 11.3 Å². The highest BCUT2D eigenvalue weighted by Gasteiger charge is 2.24. The van der Waals surface area contributed by atoms with Gasteiger partial charge in [0.1, 0.15) is 6.10 Å². The molecule has 24 heavy (non-hydrogen) atoms. The zero-order valence-electron chi connectivity index (χ0n) is 13.0. The van der Waals surface area contributed by atoms with Gasteiger partial charge in [-0.25, -0.2) is 8.78 Å². The van der Waals surface area contributed by atoms with Gasteiger partial charge in [0.2, 0.25) is 0 Å². The van der Waals surface area contributed by atoms with Crippen LogP contribution in [0.3, 0.4) is 0 Å². The average molecular weight is 352 g/mol. The Bertz CT molecular complexity index is 701. The number of aliphatic hydroxyl groups is 1. The first-order chi connectivity index (χ1) is 11.5. The van der Waals surface area contributed by atoms with E-state index in [1.54, 1.807) is 4.90 Å². The van der Waals surface area contributed by atoms with Gasteiger partial charge in [-0.1, -0.05) is 6.07 Å². The number of rotatable bonds is 4. The molecule has 0 spiro atoms. The number of piperazine rings is 1. The van der Waals surface area contributed by atoms with Gasteiger partial charge in [0.05, 0.1) is 0 Å². The van der Waals surface area contributed by atoms with E-state index in [-0.39, 0.29) is 11.5 Å². The van der Waals surface area contributed by atoms with Crippen molar-refractivity contribution in [3.8, 4) is 0 Å². The van der Waals surface area contributed by atoms with Gasteiger partial charge in [-0.15, -0.1) is 11.3 Å². The lowest BCUT2D eigenvalue weighted by atomic mass is 10.1. The van der Waals surface area contributed by atoms with Crippen molar-refractivity contribution in [3.63, 3.8) is 0 Å². The smallest absolute Gasteiger partial charge is 0.254 e. The molecule has 1 aromatic carbocycles. The van der Waals surface area contributed by atoms with Crippen molar-refractivity contribution in [2.75, 3.05) is 32.7 Å².